The monoisotopic (exact) mass is 198 g/mol. The summed E-state index contributed by atoms with van der Waals surface area (Å²) >= 11 is 1.29. The molecule has 0 heterocycles. The van der Waals surface area contributed by atoms with Crippen LogP contribution >= 0.6 is 11.8 Å². The van der Waals surface area contributed by atoms with E-state index in [0.717, 1.165) is 10.6 Å². The summed E-state index contributed by atoms with van der Waals surface area (Å²) in [5, 5.41) is 8.43. The third-order valence-corrected chi connectivity index (χ3v) is 2.42. The second kappa shape index (κ2) is 4.77. The van der Waals surface area contributed by atoms with Gasteiger partial charge in [-0.1, -0.05) is 0 Å². The largest absolute Gasteiger partial charge is 0.497 e. The maximum Gasteiger partial charge on any atom is 0.313 e. The number of methoxy groups -OCH3 is 1. The second-order valence-corrected chi connectivity index (χ2v) is 3.41. The number of aliphatic carboxylic acids is 1. The predicted molar refractivity (Wildman–Crippen MR) is 51.4 cm³/mol. The third-order valence-electron chi connectivity index (χ3n) is 1.42. The summed E-state index contributed by atoms with van der Waals surface area (Å²) in [6.07, 6.45) is 0. The number of carbonyl (C=O) groups is 1. The lowest BCUT2D eigenvalue weighted by molar-refractivity contribution is -0.133. The molecule has 1 N–H and O–H groups in total. The van der Waals surface area contributed by atoms with Crippen LogP contribution < -0.4 is 4.74 Å². The van der Waals surface area contributed by atoms with Gasteiger partial charge in [0.15, 0.2) is 0 Å². The normalized spacial score (nSPS) is 9.62. The number of thioether (sulfide) groups is 1. The molecule has 0 radical (unpaired) electrons. The van der Waals surface area contributed by atoms with E-state index in [1.807, 2.05) is 24.3 Å². The number of ether oxygens (including phenoxy) is 1. The molecule has 3 nitrogen and oxygen atoms in total. The summed E-state index contributed by atoms with van der Waals surface area (Å²) in [6, 6.07) is 7.30. The van der Waals surface area contributed by atoms with Crippen molar-refractivity contribution < 1.29 is 14.6 Å². The Hall–Kier alpha value is -1.16. The summed E-state index contributed by atoms with van der Waals surface area (Å²) in [4.78, 5) is 11.2. The number of hydrogen-bond donors (Lipinski definition) is 1. The number of benzene rings is 1. The van der Waals surface area contributed by atoms with Gasteiger partial charge in [-0.25, -0.2) is 0 Å². The highest BCUT2D eigenvalue weighted by Crippen LogP contribution is 2.20. The van der Waals surface area contributed by atoms with E-state index in [4.69, 9.17) is 9.84 Å². The van der Waals surface area contributed by atoms with Crippen LogP contribution in [0.2, 0.25) is 0 Å². The van der Waals surface area contributed by atoms with Gasteiger partial charge in [0.2, 0.25) is 0 Å². The van der Waals surface area contributed by atoms with Crippen molar-refractivity contribution in [3.05, 3.63) is 24.3 Å². The topological polar surface area (TPSA) is 46.5 Å². The van der Waals surface area contributed by atoms with Crippen LogP contribution in [0.5, 0.6) is 5.75 Å². The second-order valence-electron chi connectivity index (χ2n) is 2.36. The van der Waals surface area contributed by atoms with Crippen LogP contribution in [0.25, 0.3) is 0 Å². The molecule has 1 aromatic rings. The molecule has 0 aliphatic carbocycles. The van der Waals surface area contributed by atoms with Gasteiger partial charge >= 0.3 is 5.97 Å². The standard InChI is InChI=1S/C9H10O3S/c1-12-7-2-4-8(5-3-7)13-6-9(10)11/h2-5H,6H2,1H3,(H,10,11). The molecule has 0 aromatic heterocycles. The van der Waals surface area contributed by atoms with Crippen LogP contribution in [-0.4, -0.2) is 23.9 Å². The van der Waals surface area contributed by atoms with Crippen molar-refractivity contribution in [1.29, 1.82) is 0 Å². The molecule has 0 aliphatic rings. The molecule has 0 fully saturated rings. The zero-order chi connectivity index (χ0) is 9.68. The molecule has 13 heavy (non-hydrogen) atoms. The molecule has 1 rings (SSSR count). The maximum atomic E-state index is 10.3. The van der Waals surface area contributed by atoms with Crippen LogP contribution in [0, 0.1) is 0 Å². The average Bonchev–Trinajstić information content (AvgIpc) is 2.15. The van der Waals surface area contributed by atoms with Gasteiger partial charge < -0.3 is 9.84 Å². The number of rotatable bonds is 4. The summed E-state index contributed by atoms with van der Waals surface area (Å²) < 4.78 is 4.97. The Balaban J connectivity index is 2.54. The highest BCUT2D eigenvalue weighted by Gasteiger charge is 1.99. The molecule has 1 aromatic carbocycles. The molecule has 0 unspecified atom stereocenters. The first-order chi connectivity index (χ1) is 6.22. The number of carboxylic acids is 1. The smallest absolute Gasteiger partial charge is 0.313 e. The lowest BCUT2D eigenvalue weighted by Gasteiger charge is -2.00. The Bertz CT molecular complexity index is 281. The first-order valence-electron chi connectivity index (χ1n) is 3.71. The van der Waals surface area contributed by atoms with Gasteiger partial charge in [-0.15, -0.1) is 11.8 Å². The molecule has 0 saturated carbocycles. The van der Waals surface area contributed by atoms with Crippen molar-refractivity contribution in [3.63, 3.8) is 0 Å². The van der Waals surface area contributed by atoms with E-state index in [-0.39, 0.29) is 5.75 Å². The van der Waals surface area contributed by atoms with Gasteiger partial charge in [-0.05, 0) is 24.3 Å². The van der Waals surface area contributed by atoms with E-state index in [2.05, 4.69) is 0 Å². The minimum absolute atomic E-state index is 0.0896. The fraction of sp³-hybridized carbons (Fsp3) is 0.222. The molecule has 0 aliphatic heterocycles. The summed E-state index contributed by atoms with van der Waals surface area (Å²) in [5.41, 5.74) is 0. The van der Waals surface area contributed by atoms with Crippen molar-refractivity contribution in [3.8, 4) is 5.75 Å². The maximum absolute atomic E-state index is 10.3. The van der Waals surface area contributed by atoms with Gasteiger partial charge in [0.1, 0.15) is 5.75 Å². The summed E-state index contributed by atoms with van der Waals surface area (Å²) in [6.45, 7) is 0. The molecule has 4 heteroatoms. The first kappa shape index (κ1) is 9.92. The quantitative estimate of drug-likeness (QED) is 0.750. The zero-order valence-corrected chi connectivity index (χ0v) is 8.00. The highest BCUT2D eigenvalue weighted by molar-refractivity contribution is 8.00. The molecular formula is C9H10O3S. The van der Waals surface area contributed by atoms with E-state index < -0.39 is 5.97 Å². The van der Waals surface area contributed by atoms with Gasteiger partial charge in [-0.3, -0.25) is 4.79 Å². The van der Waals surface area contributed by atoms with Crippen molar-refractivity contribution in [1.82, 2.24) is 0 Å². The molecule has 0 bridgehead atoms. The van der Waals surface area contributed by atoms with Gasteiger partial charge in [-0.2, -0.15) is 0 Å². The molecule has 0 spiro atoms. The van der Waals surface area contributed by atoms with Crippen LogP contribution in [0.3, 0.4) is 0 Å². The van der Waals surface area contributed by atoms with Crippen LogP contribution in [-0.2, 0) is 4.79 Å². The Labute approximate surface area is 80.7 Å². The lowest BCUT2D eigenvalue weighted by atomic mass is 10.3. The molecule has 0 amide bonds. The van der Waals surface area contributed by atoms with Crippen LogP contribution in [0.1, 0.15) is 0 Å². The fourth-order valence-corrected chi connectivity index (χ4v) is 1.44. The fourth-order valence-electron chi connectivity index (χ4n) is 0.817. The minimum Gasteiger partial charge on any atom is -0.497 e. The van der Waals surface area contributed by atoms with Crippen molar-refractivity contribution in [2.24, 2.45) is 0 Å². The molecular weight excluding hydrogens is 188 g/mol. The number of hydrogen-bond acceptors (Lipinski definition) is 3. The van der Waals surface area contributed by atoms with Crippen LogP contribution in [0.15, 0.2) is 29.2 Å². The SMILES string of the molecule is COc1ccc(SCC(=O)O)cc1. The molecule has 0 saturated heterocycles. The number of carboxylic acid groups (broad SMARTS) is 1. The van der Waals surface area contributed by atoms with Crippen molar-refractivity contribution in [2.45, 2.75) is 4.90 Å². The van der Waals surface area contributed by atoms with Crippen molar-refractivity contribution in [2.75, 3.05) is 12.9 Å². The Morgan fingerprint density at radius 1 is 1.46 bits per heavy atom. The van der Waals surface area contributed by atoms with Gasteiger partial charge in [0, 0.05) is 4.90 Å². The van der Waals surface area contributed by atoms with E-state index >= 15 is 0 Å². The van der Waals surface area contributed by atoms with Gasteiger partial charge in [0.25, 0.3) is 0 Å². The Morgan fingerprint density at radius 3 is 2.54 bits per heavy atom. The lowest BCUT2D eigenvalue weighted by Crippen LogP contribution is -1.97. The molecule has 70 valence electrons. The van der Waals surface area contributed by atoms with E-state index in [0.29, 0.717) is 0 Å². The third kappa shape index (κ3) is 3.38. The Kier molecular flexibility index (Phi) is 3.64. The predicted octanol–water partition coefficient (Wildman–Crippen LogP) is 1.87. The molecule has 0 atom stereocenters. The van der Waals surface area contributed by atoms with E-state index in [1.165, 1.54) is 11.8 Å². The van der Waals surface area contributed by atoms with E-state index in [9.17, 15) is 4.79 Å². The zero-order valence-electron chi connectivity index (χ0n) is 7.19. The summed E-state index contributed by atoms with van der Waals surface area (Å²) in [7, 11) is 1.60. The Morgan fingerprint density at radius 2 is 2.08 bits per heavy atom. The van der Waals surface area contributed by atoms with E-state index in [1.54, 1.807) is 7.11 Å². The van der Waals surface area contributed by atoms with Crippen LogP contribution in [0.4, 0.5) is 0 Å². The van der Waals surface area contributed by atoms with Gasteiger partial charge in [0.05, 0.1) is 12.9 Å². The van der Waals surface area contributed by atoms with Crippen molar-refractivity contribution >= 4 is 17.7 Å². The first-order valence-corrected chi connectivity index (χ1v) is 4.69. The average molecular weight is 198 g/mol. The summed E-state index contributed by atoms with van der Waals surface area (Å²) in [5.74, 6) is 0.0623. The highest BCUT2D eigenvalue weighted by atomic mass is 32.2. The minimum atomic E-state index is -0.805.